The first-order valence-corrected chi connectivity index (χ1v) is 7.15. The molecule has 1 rings (SSSR count). The van der Waals surface area contributed by atoms with Crippen LogP contribution in [-0.2, 0) is 0 Å². The first-order chi connectivity index (χ1) is 9.43. The standard InChI is InChI=1S/C16H25NO3/c1-6-16(4,5)17-15(18)12-9-10-13(19-7-2)14(11-12)20-8-3/h9-11H,6-8H2,1-5H3,(H,17,18). The fourth-order valence-electron chi connectivity index (χ4n) is 1.66. The molecule has 0 bridgehead atoms. The van der Waals surface area contributed by atoms with E-state index in [0.717, 1.165) is 6.42 Å². The molecule has 0 spiro atoms. The van der Waals surface area contributed by atoms with Crippen molar-refractivity contribution in [2.45, 2.75) is 46.6 Å². The molecule has 0 radical (unpaired) electrons. The Morgan fingerprint density at radius 2 is 1.70 bits per heavy atom. The molecule has 1 N–H and O–H groups in total. The predicted octanol–water partition coefficient (Wildman–Crippen LogP) is 3.40. The van der Waals surface area contributed by atoms with Crippen molar-refractivity contribution in [2.75, 3.05) is 13.2 Å². The maximum absolute atomic E-state index is 12.2. The van der Waals surface area contributed by atoms with Crippen LogP contribution >= 0.6 is 0 Å². The molecule has 1 amide bonds. The molecule has 4 nitrogen and oxygen atoms in total. The Morgan fingerprint density at radius 3 is 2.25 bits per heavy atom. The first kappa shape index (κ1) is 16.3. The Bertz CT molecular complexity index is 455. The van der Waals surface area contributed by atoms with Crippen LogP contribution in [0.5, 0.6) is 11.5 Å². The zero-order valence-electron chi connectivity index (χ0n) is 13.1. The van der Waals surface area contributed by atoms with Gasteiger partial charge in [0.25, 0.3) is 5.91 Å². The van der Waals surface area contributed by atoms with Crippen LogP contribution in [0.3, 0.4) is 0 Å². The molecule has 112 valence electrons. The van der Waals surface area contributed by atoms with E-state index in [1.54, 1.807) is 18.2 Å². The lowest BCUT2D eigenvalue weighted by Gasteiger charge is -2.24. The Morgan fingerprint density at radius 1 is 1.10 bits per heavy atom. The molecule has 4 heteroatoms. The number of ether oxygens (including phenoxy) is 2. The molecule has 1 aromatic rings. The molecule has 0 fully saturated rings. The molecule has 0 atom stereocenters. The van der Waals surface area contributed by atoms with E-state index in [2.05, 4.69) is 5.32 Å². The third-order valence-corrected chi connectivity index (χ3v) is 3.14. The van der Waals surface area contributed by atoms with Gasteiger partial charge in [-0.15, -0.1) is 0 Å². The third-order valence-electron chi connectivity index (χ3n) is 3.14. The summed E-state index contributed by atoms with van der Waals surface area (Å²) in [7, 11) is 0. The van der Waals surface area contributed by atoms with Gasteiger partial charge in [0, 0.05) is 11.1 Å². The number of hydrogen-bond donors (Lipinski definition) is 1. The summed E-state index contributed by atoms with van der Waals surface area (Å²) in [5.41, 5.74) is 0.361. The molecule has 0 aliphatic carbocycles. The highest BCUT2D eigenvalue weighted by atomic mass is 16.5. The van der Waals surface area contributed by atoms with Gasteiger partial charge < -0.3 is 14.8 Å². The fraction of sp³-hybridized carbons (Fsp3) is 0.562. The molecule has 0 saturated carbocycles. The molecular weight excluding hydrogens is 254 g/mol. The van der Waals surface area contributed by atoms with Gasteiger partial charge in [-0.05, 0) is 52.3 Å². The average molecular weight is 279 g/mol. The van der Waals surface area contributed by atoms with Crippen LogP contribution in [0.1, 0.15) is 51.4 Å². The Hall–Kier alpha value is -1.71. The van der Waals surface area contributed by atoms with Gasteiger partial charge >= 0.3 is 0 Å². The van der Waals surface area contributed by atoms with Crippen molar-refractivity contribution in [3.8, 4) is 11.5 Å². The SMILES string of the molecule is CCOc1ccc(C(=O)NC(C)(C)CC)cc1OCC. The Kier molecular flexibility index (Phi) is 5.86. The van der Waals surface area contributed by atoms with E-state index in [9.17, 15) is 4.79 Å². The molecule has 0 unspecified atom stereocenters. The van der Waals surface area contributed by atoms with Crippen LogP contribution in [0.4, 0.5) is 0 Å². The molecule has 1 aromatic carbocycles. The maximum Gasteiger partial charge on any atom is 0.251 e. The molecule has 0 saturated heterocycles. The summed E-state index contributed by atoms with van der Waals surface area (Å²) in [4.78, 5) is 12.2. The summed E-state index contributed by atoms with van der Waals surface area (Å²) in [5.74, 6) is 1.18. The van der Waals surface area contributed by atoms with E-state index in [-0.39, 0.29) is 11.4 Å². The minimum absolute atomic E-state index is 0.0964. The summed E-state index contributed by atoms with van der Waals surface area (Å²) in [5, 5.41) is 3.01. The summed E-state index contributed by atoms with van der Waals surface area (Å²) in [6.45, 7) is 11.0. The second-order valence-electron chi connectivity index (χ2n) is 5.22. The fourth-order valence-corrected chi connectivity index (χ4v) is 1.66. The van der Waals surface area contributed by atoms with Gasteiger partial charge in [-0.2, -0.15) is 0 Å². The predicted molar refractivity (Wildman–Crippen MR) is 80.6 cm³/mol. The van der Waals surface area contributed by atoms with E-state index in [0.29, 0.717) is 30.3 Å². The number of hydrogen-bond acceptors (Lipinski definition) is 3. The smallest absolute Gasteiger partial charge is 0.251 e. The summed E-state index contributed by atoms with van der Waals surface area (Å²) in [6.07, 6.45) is 0.869. The van der Waals surface area contributed by atoms with Gasteiger partial charge in [0.15, 0.2) is 11.5 Å². The van der Waals surface area contributed by atoms with E-state index >= 15 is 0 Å². The average Bonchev–Trinajstić information content (AvgIpc) is 2.40. The molecule has 0 aliphatic rings. The van der Waals surface area contributed by atoms with Crippen molar-refractivity contribution >= 4 is 5.91 Å². The van der Waals surface area contributed by atoms with E-state index < -0.39 is 0 Å². The van der Waals surface area contributed by atoms with E-state index in [4.69, 9.17) is 9.47 Å². The van der Waals surface area contributed by atoms with Gasteiger partial charge in [-0.25, -0.2) is 0 Å². The van der Waals surface area contributed by atoms with Crippen molar-refractivity contribution in [2.24, 2.45) is 0 Å². The third kappa shape index (κ3) is 4.44. The normalized spacial score (nSPS) is 11.1. The lowest BCUT2D eigenvalue weighted by molar-refractivity contribution is 0.0910. The van der Waals surface area contributed by atoms with Gasteiger partial charge in [0.2, 0.25) is 0 Å². The second-order valence-corrected chi connectivity index (χ2v) is 5.22. The molecule has 0 aliphatic heterocycles. The van der Waals surface area contributed by atoms with Crippen LogP contribution in [0.2, 0.25) is 0 Å². The van der Waals surface area contributed by atoms with Crippen LogP contribution in [0, 0.1) is 0 Å². The zero-order valence-corrected chi connectivity index (χ0v) is 13.1. The van der Waals surface area contributed by atoms with Crippen LogP contribution in [0.25, 0.3) is 0 Å². The van der Waals surface area contributed by atoms with Crippen molar-refractivity contribution in [3.05, 3.63) is 23.8 Å². The highest BCUT2D eigenvalue weighted by Gasteiger charge is 2.19. The Labute approximate surface area is 121 Å². The number of rotatable bonds is 7. The van der Waals surface area contributed by atoms with Crippen molar-refractivity contribution in [3.63, 3.8) is 0 Å². The van der Waals surface area contributed by atoms with Crippen LogP contribution < -0.4 is 14.8 Å². The van der Waals surface area contributed by atoms with Gasteiger partial charge in [-0.3, -0.25) is 4.79 Å². The summed E-state index contributed by atoms with van der Waals surface area (Å²) >= 11 is 0. The molecule has 0 heterocycles. The highest BCUT2D eigenvalue weighted by Crippen LogP contribution is 2.28. The van der Waals surface area contributed by atoms with Crippen LogP contribution in [0.15, 0.2) is 18.2 Å². The largest absolute Gasteiger partial charge is 0.490 e. The molecular formula is C16H25NO3. The lowest BCUT2D eigenvalue weighted by Crippen LogP contribution is -2.42. The van der Waals surface area contributed by atoms with E-state index in [1.807, 2.05) is 34.6 Å². The highest BCUT2D eigenvalue weighted by molar-refractivity contribution is 5.95. The zero-order chi connectivity index (χ0) is 15.2. The van der Waals surface area contributed by atoms with E-state index in [1.165, 1.54) is 0 Å². The number of carbonyl (C=O) groups is 1. The number of benzene rings is 1. The summed E-state index contributed by atoms with van der Waals surface area (Å²) < 4.78 is 11.0. The van der Waals surface area contributed by atoms with Crippen LogP contribution in [-0.4, -0.2) is 24.7 Å². The number of amides is 1. The molecule has 20 heavy (non-hydrogen) atoms. The summed E-state index contributed by atoms with van der Waals surface area (Å²) in [6, 6.07) is 5.27. The maximum atomic E-state index is 12.2. The number of nitrogens with one attached hydrogen (secondary N) is 1. The Balaban J connectivity index is 2.96. The quantitative estimate of drug-likeness (QED) is 0.832. The second kappa shape index (κ2) is 7.17. The monoisotopic (exact) mass is 279 g/mol. The van der Waals surface area contributed by atoms with Crippen molar-refractivity contribution < 1.29 is 14.3 Å². The van der Waals surface area contributed by atoms with Gasteiger partial charge in [0.05, 0.1) is 13.2 Å². The first-order valence-electron chi connectivity index (χ1n) is 7.15. The lowest BCUT2D eigenvalue weighted by atomic mass is 10.0. The van der Waals surface area contributed by atoms with Gasteiger partial charge in [-0.1, -0.05) is 6.92 Å². The van der Waals surface area contributed by atoms with Gasteiger partial charge in [0.1, 0.15) is 0 Å². The molecule has 0 aromatic heterocycles. The minimum atomic E-state index is -0.221. The minimum Gasteiger partial charge on any atom is -0.490 e. The van der Waals surface area contributed by atoms with Crippen molar-refractivity contribution in [1.29, 1.82) is 0 Å². The van der Waals surface area contributed by atoms with Crippen molar-refractivity contribution in [1.82, 2.24) is 5.32 Å². The number of carbonyl (C=O) groups excluding carboxylic acids is 1. The topological polar surface area (TPSA) is 47.6 Å².